The molecule has 170 valence electrons. The number of ether oxygens (including phenoxy) is 2. The van der Waals surface area contributed by atoms with E-state index in [2.05, 4.69) is 19.9 Å². The summed E-state index contributed by atoms with van der Waals surface area (Å²) in [5.74, 6) is 1.62. The van der Waals surface area contributed by atoms with E-state index >= 15 is 0 Å². The van der Waals surface area contributed by atoms with Crippen LogP contribution in [0.1, 0.15) is 78.1 Å². The fourth-order valence-corrected chi connectivity index (χ4v) is 8.79. The van der Waals surface area contributed by atoms with Crippen molar-refractivity contribution in [3.05, 3.63) is 11.6 Å². The van der Waals surface area contributed by atoms with E-state index in [4.69, 9.17) is 14.7 Å². The van der Waals surface area contributed by atoms with Gasteiger partial charge in [0.1, 0.15) is 6.61 Å². The monoisotopic (exact) mass is 427 g/mol. The Labute approximate surface area is 186 Å². The van der Waals surface area contributed by atoms with Crippen LogP contribution in [0, 0.1) is 45.8 Å². The van der Waals surface area contributed by atoms with Crippen LogP contribution in [-0.4, -0.2) is 36.0 Å². The maximum atomic E-state index is 12.3. The van der Waals surface area contributed by atoms with E-state index in [1.807, 2.05) is 0 Å². The van der Waals surface area contributed by atoms with Gasteiger partial charge in [0.2, 0.25) is 0 Å². The molecular weight excluding hydrogens is 390 g/mol. The lowest BCUT2D eigenvalue weighted by Crippen LogP contribution is -2.62. The molecule has 0 saturated heterocycles. The number of carbonyl (C=O) groups is 1. The number of hydrogen-bond acceptors (Lipinski definition) is 5. The SMILES string of the molecule is C[C@]12CC[C@H](OCCC#N)C[C@H]1CC[C@@H]1[C@@H]2CC[C@]2(C)[C@@H](C3=CC(=O)OC3)CC[C@]12O. The molecule has 0 radical (unpaired) electrons. The smallest absolute Gasteiger partial charge is 0.331 e. The molecule has 0 amide bonds. The molecule has 5 heteroatoms. The van der Waals surface area contributed by atoms with E-state index in [9.17, 15) is 9.90 Å². The molecule has 5 rings (SSSR count). The quantitative estimate of drug-likeness (QED) is 0.526. The first-order valence-corrected chi connectivity index (χ1v) is 12.4. The number of hydrogen-bond donors (Lipinski definition) is 1. The highest BCUT2D eigenvalue weighted by atomic mass is 16.5. The number of nitriles is 1. The van der Waals surface area contributed by atoms with Crippen molar-refractivity contribution in [1.29, 1.82) is 5.26 Å². The van der Waals surface area contributed by atoms with Gasteiger partial charge in [-0.05, 0) is 92.4 Å². The summed E-state index contributed by atoms with van der Waals surface area (Å²) in [6.07, 6.45) is 12.1. The molecule has 1 heterocycles. The molecular formula is C26H37NO4. The Kier molecular flexibility index (Phi) is 5.26. The topological polar surface area (TPSA) is 79.5 Å². The van der Waals surface area contributed by atoms with E-state index in [1.54, 1.807) is 6.08 Å². The Morgan fingerprint density at radius 2 is 2.00 bits per heavy atom. The molecule has 1 N–H and O–H groups in total. The average Bonchev–Trinajstić information content (AvgIpc) is 3.28. The van der Waals surface area contributed by atoms with Crippen LogP contribution in [0.4, 0.5) is 0 Å². The van der Waals surface area contributed by atoms with Crippen LogP contribution in [0.15, 0.2) is 11.6 Å². The van der Waals surface area contributed by atoms with Crippen molar-refractivity contribution < 1.29 is 19.4 Å². The predicted molar refractivity (Wildman–Crippen MR) is 116 cm³/mol. The standard InChI is InChI=1S/C26H37NO4/c1-24-9-6-19(30-13-3-12-27)15-18(24)4-5-22-21(24)7-10-25(2)20(8-11-26(22,25)29)17-14-23(28)31-16-17/h14,18-22,29H,3-11,13,15-16H2,1-2H3/t18-,19+,20-,21+,22-,24+,25-,26+/m1/s1. The van der Waals surface area contributed by atoms with Crippen molar-refractivity contribution in [2.24, 2.45) is 34.5 Å². The number of nitrogens with zero attached hydrogens (tertiary/aromatic N) is 1. The summed E-state index contributed by atoms with van der Waals surface area (Å²) in [6, 6.07) is 2.18. The Hall–Kier alpha value is -1.38. The average molecular weight is 428 g/mol. The van der Waals surface area contributed by atoms with Gasteiger partial charge in [0.15, 0.2) is 0 Å². The molecule has 5 aliphatic rings. The zero-order valence-corrected chi connectivity index (χ0v) is 19.1. The lowest BCUT2D eigenvalue weighted by Gasteiger charge is -2.63. The van der Waals surface area contributed by atoms with Gasteiger partial charge >= 0.3 is 5.97 Å². The second kappa shape index (κ2) is 7.59. The van der Waals surface area contributed by atoms with Gasteiger partial charge in [0.05, 0.1) is 30.8 Å². The highest BCUT2D eigenvalue weighted by molar-refractivity contribution is 5.85. The van der Waals surface area contributed by atoms with Crippen molar-refractivity contribution >= 4 is 5.97 Å². The Bertz CT molecular complexity index is 817. The molecule has 4 saturated carbocycles. The number of esters is 1. The molecule has 4 aliphatic carbocycles. The number of carbonyl (C=O) groups excluding carboxylic acids is 1. The summed E-state index contributed by atoms with van der Waals surface area (Å²) in [5, 5.41) is 21.0. The molecule has 8 atom stereocenters. The summed E-state index contributed by atoms with van der Waals surface area (Å²) in [4.78, 5) is 11.7. The summed E-state index contributed by atoms with van der Waals surface area (Å²) in [6.45, 7) is 5.75. The molecule has 31 heavy (non-hydrogen) atoms. The number of aliphatic hydroxyl groups is 1. The first-order chi connectivity index (χ1) is 14.8. The fourth-order valence-electron chi connectivity index (χ4n) is 8.79. The zero-order valence-electron chi connectivity index (χ0n) is 19.1. The molecule has 0 aromatic heterocycles. The van der Waals surface area contributed by atoms with Gasteiger partial charge in [0, 0.05) is 11.5 Å². The van der Waals surface area contributed by atoms with Gasteiger partial charge < -0.3 is 14.6 Å². The van der Waals surface area contributed by atoms with E-state index < -0.39 is 5.60 Å². The summed E-state index contributed by atoms with van der Waals surface area (Å²) < 4.78 is 11.3. The second-order valence-electron chi connectivity index (χ2n) is 11.5. The third kappa shape index (κ3) is 3.12. The van der Waals surface area contributed by atoms with Crippen molar-refractivity contribution in [3.63, 3.8) is 0 Å². The first kappa shape index (κ1) is 21.5. The van der Waals surface area contributed by atoms with E-state index in [0.29, 0.717) is 43.5 Å². The highest BCUT2D eigenvalue weighted by Crippen LogP contribution is 2.69. The zero-order chi connectivity index (χ0) is 21.9. The normalized spacial score (nSPS) is 48.8. The summed E-state index contributed by atoms with van der Waals surface area (Å²) in [7, 11) is 0. The van der Waals surface area contributed by atoms with Crippen molar-refractivity contribution in [3.8, 4) is 6.07 Å². The molecule has 5 nitrogen and oxygen atoms in total. The molecule has 1 aliphatic heterocycles. The van der Waals surface area contributed by atoms with Crippen LogP contribution in [0.25, 0.3) is 0 Å². The van der Waals surface area contributed by atoms with Gasteiger partial charge in [-0.25, -0.2) is 4.79 Å². The molecule has 4 fully saturated rings. The van der Waals surface area contributed by atoms with E-state index in [-0.39, 0.29) is 22.7 Å². The number of cyclic esters (lactones) is 1. The third-order valence-corrected chi connectivity index (χ3v) is 10.5. The Balaban J connectivity index is 1.35. The van der Waals surface area contributed by atoms with Crippen molar-refractivity contribution in [2.45, 2.75) is 89.8 Å². The highest BCUT2D eigenvalue weighted by Gasteiger charge is 2.67. The largest absolute Gasteiger partial charge is 0.458 e. The van der Waals surface area contributed by atoms with E-state index in [1.165, 1.54) is 19.3 Å². The number of fused-ring (bicyclic) bond motifs is 5. The lowest BCUT2D eigenvalue weighted by atomic mass is 9.43. The first-order valence-electron chi connectivity index (χ1n) is 12.4. The summed E-state index contributed by atoms with van der Waals surface area (Å²) >= 11 is 0. The molecule has 0 spiro atoms. The predicted octanol–water partition coefficient (Wildman–Crippen LogP) is 4.54. The van der Waals surface area contributed by atoms with Gasteiger partial charge in [-0.2, -0.15) is 5.26 Å². The van der Waals surface area contributed by atoms with Crippen LogP contribution in [-0.2, 0) is 14.3 Å². The van der Waals surface area contributed by atoms with Gasteiger partial charge in [-0.3, -0.25) is 0 Å². The van der Waals surface area contributed by atoms with Gasteiger partial charge in [0.25, 0.3) is 0 Å². The van der Waals surface area contributed by atoms with Gasteiger partial charge in [-0.15, -0.1) is 0 Å². The Morgan fingerprint density at radius 1 is 1.16 bits per heavy atom. The molecule has 0 aromatic carbocycles. The summed E-state index contributed by atoms with van der Waals surface area (Å²) in [5.41, 5.74) is 0.589. The molecule has 0 unspecified atom stereocenters. The second-order valence-corrected chi connectivity index (χ2v) is 11.5. The molecule has 0 aromatic rings. The lowest BCUT2D eigenvalue weighted by molar-refractivity contribution is -0.209. The minimum Gasteiger partial charge on any atom is -0.458 e. The van der Waals surface area contributed by atoms with Crippen LogP contribution in [0.2, 0.25) is 0 Å². The van der Waals surface area contributed by atoms with Crippen LogP contribution >= 0.6 is 0 Å². The van der Waals surface area contributed by atoms with Crippen LogP contribution < -0.4 is 0 Å². The van der Waals surface area contributed by atoms with E-state index in [0.717, 1.165) is 44.1 Å². The van der Waals surface area contributed by atoms with Crippen molar-refractivity contribution in [2.75, 3.05) is 13.2 Å². The maximum Gasteiger partial charge on any atom is 0.331 e. The van der Waals surface area contributed by atoms with Crippen molar-refractivity contribution in [1.82, 2.24) is 0 Å². The minimum atomic E-state index is -0.638. The van der Waals surface area contributed by atoms with Gasteiger partial charge in [-0.1, -0.05) is 13.8 Å². The van der Waals surface area contributed by atoms with Crippen LogP contribution in [0.3, 0.4) is 0 Å². The number of rotatable bonds is 4. The molecule has 0 bridgehead atoms. The Morgan fingerprint density at radius 3 is 2.74 bits per heavy atom. The fraction of sp³-hybridized carbons (Fsp3) is 0.846. The maximum absolute atomic E-state index is 12.3. The van der Waals surface area contributed by atoms with Crippen LogP contribution in [0.5, 0.6) is 0 Å². The third-order valence-electron chi connectivity index (χ3n) is 10.5. The minimum absolute atomic E-state index is 0.158.